The first kappa shape index (κ1) is 16.3. The summed E-state index contributed by atoms with van der Waals surface area (Å²) >= 11 is 0. The van der Waals surface area contributed by atoms with E-state index in [9.17, 15) is 18.0 Å². The van der Waals surface area contributed by atoms with Crippen LogP contribution >= 0.6 is 0 Å². The first-order chi connectivity index (χ1) is 10.9. The predicted octanol–water partition coefficient (Wildman–Crippen LogP) is 3.29. The maximum atomic E-state index is 12.8. The van der Waals surface area contributed by atoms with Crippen molar-refractivity contribution in [2.24, 2.45) is 0 Å². The minimum atomic E-state index is -4.29. The van der Waals surface area contributed by atoms with Gasteiger partial charge in [-0.1, -0.05) is 18.2 Å². The molecule has 2 aliphatic heterocycles. The zero-order chi connectivity index (χ0) is 16.4. The highest BCUT2D eigenvalue weighted by Gasteiger charge is 2.32. The Bertz CT molecular complexity index is 565. The third kappa shape index (κ3) is 3.86. The lowest BCUT2D eigenvalue weighted by Gasteiger charge is -2.36. The molecule has 1 aromatic rings. The molecule has 1 aromatic carbocycles. The largest absolute Gasteiger partial charge is 0.416 e. The Morgan fingerprint density at radius 2 is 1.87 bits per heavy atom. The van der Waals surface area contributed by atoms with E-state index < -0.39 is 11.7 Å². The number of nitrogens with zero attached hydrogens (tertiary/aromatic N) is 2. The van der Waals surface area contributed by atoms with Gasteiger partial charge in [-0.25, -0.2) is 0 Å². The first-order valence-electron chi connectivity index (χ1n) is 8.11. The molecule has 2 heterocycles. The number of hydrogen-bond donors (Lipinski definition) is 0. The SMILES string of the molecule is O=C1CCCN1C1CCN(Cc2cccc(C(F)(F)F)c2)CC1. The summed E-state index contributed by atoms with van der Waals surface area (Å²) in [5.74, 6) is 0.251. The van der Waals surface area contributed by atoms with Gasteiger partial charge >= 0.3 is 6.18 Å². The van der Waals surface area contributed by atoms with Crippen LogP contribution in [0.4, 0.5) is 13.2 Å². The maximum absolute atomic E-state index is 12.8. The van der Waals surface area contributed by atoms with E-state index in [1.807, 2.05) is 4.90 Å². The molecule has 126 valence electrons. The molecule has 0 aliphatic carbocycles. The molecule has 3 nitrogen and oxygen atoms in total. The minimum absolute atomic E-state index is 0.251. The van der Waals surface area contributed by atoms with E-state index >= 15 is 0 Å². The number of likely N-dealkylation sites (tertiary alicyclic amines) is 2. The highest BCUT2D eigenvalue weighted by atomic mass is 19.4. The Hall–Kier alpha value is -1.56. The van der Waals surface area contributed by atoms with Crippen LogP contribution in [0.5, 0.6) is 0 Å². The lowest BCUT2D eigenvalue weighted by Crippen LogP contribution is -2.45. The molecule has 3 rings (SSSR count). The number of rotatable bonds is 3. The zero-order valence-corrected chi connectivity index (χ0v) is 13.0. The van der Waals surface area contributed by atoms with Crippen LogP contribution in [0.2, 0.25) is 0 Å². The number of hydrogen-bond acceptors (Lipinski definition) is 2. The van der Waals surface area contributed by atoms with E-state index in [4.69, 9.17) is 0 Å². The third-order valence-corrected chi connectivity index (χ3v) is 4.77. The van der Waals surface area contributed by atoms with Gasteiger partial charge in [-0.3, -0.25) is 9.69 Å². The van der Waals surface area contributed by atoms with Gasteiger partial charge in [0.1, 0.15) is 0 Å². The number of piperidine rings is 1. The zero-order valence-electron chi connectivity index (χ0n) is 13.0. The van der Waals surface area contributed by atoms with Gasteiger partial charge in [-0.15, -0.1) is 0 Å². The fourth-order valence-corrected chi connectivity index (χ4v) is 3.55. The molecule has 0 unspecified atom stereocenters. The minimum Gasteiger partial charge on any atom is -0.340 e. The summed E-state index contributed by atoms with van der Waals surface area (Å²) in [5.41, 5.74) is 0.100. The van der Waals surface area contributed by atoms with E-state index in [0.717, 1.165) is 45.0 Å². The van der Waals surface area contributed by atoms with Crippen molar-refractivity contribution < 1.29 is 18.0 Å². The van der Waals surface area contributed by atoms with Crippen molar-refractivity contribution in [3.05, 3.63) is 35.4 Å². The van der Waals surface area contributed by atoms with Crippen molar-refractivity contribution in [3.63, 3.8) is 0 Å². The number of carbonyl (C=O) groups is 1. The van der Waals surface area contributed by atoms with Crippen molar-refractivity contribution in [3.8, 4) is 0 Å². The molecule has 2 saturated heterocycles. The van der Waals surface area contributed by atoms with Crippen LogP contribution in [-0.4, -0.2) is 41.4 Å². The van der Waals surface area contributed by atoms with Gasteiger partial charge in [0, 0.05) is 38.6 Å². The number of amides is 1. The standard InChI is InChI=1S/C17H21F3N2O/c18-17(19,20)14-4-1-3-13(11-14)12-21-9-6-15(7-10-21)22-8-2-5-16(22)23/h1,3-4,11,15H,2,5-10,12H2. The Balaban J connectivity index is 1.56. The second-order valence-corrected chi connectivity index (χ2v) is 6.40. The van der Waals surface area contributed by atoms with Gasteiger partial charge in [-0.2, -0.15) is 13.2 Å². The number of benzene rings is 1. The van der Waals surface area contributed by atoms with Crippen LogP contribution in [0.1, 0.15) is 36.8 Å². The van der Waals surface area contributed by atoms with Crippen molar-refractivity contribution >= 4 is 5.91 Å². The van der Waals surface area contributed by atoms with Crippen LogP contribution in [-0.2, 0) is 17.5 Å². The monoisotopic (exact) mass is 326 g/mol. The van der Waals surface area contributed by atoms with E-state index in [0.29, 0.717) is 24.6 Å². The predicted molar refractivity (Wildman–Crippen MR) is 80.7 cm³/mol. The molecule has 23 heavy (non-hydrogen) atoms. The molecule has 1 amide bonds. The Morgan fingerprint density at radius 1 is 1.13 bits per heavy atom. The first-order valence-corrected chi connectivity index (χ1v) is 8.11. The highest BCUT2D eigenvalue weighted by Crippen LogP contribution is 2.30. The van der Waals surface area contributed by atoms with Gasteiger partial charge < -0.3 is 4.90 Å². The molecule has 2 aliphatic rings. The van der Waals surface area contributed by atoms with Gasteiger partial charge in [0.15, 0.2) is 0 Å². The molecule has 0 radical (unpaired) electrons. The second-order valence-electron chi connectivity index (χ2n) is 6.40. The summed E-state index contributed by atoms with van der Waals surface area (Å²) in [7, 11) is 0. The molecular formula is C17H21F3N2O. The molecule has 0 spiro atoms. The fourth-order valence-electron chi connectivity index (χ4n) is 3.55. The lowest BCUT2D eigenvalue weighted by atomic mass is 10.0. The summed E-state index contributed by atoms with van der Waals surface area (Å²) in [6.07, 6.45) is -0.873. The van der Waals surface area contributed by atoms with E-state index in [1.165, 1.54) is 12.1 Å². The molecule has 6 heteroatoms. The smallest absolute Gasteiger partial charge is 0.340 e. The summed E-state index contributed by atoms with van der Waals surface area (Å²) in [6, 6.07) is 5.85. The van der Waals surface area contributed by atoms with E-state index in [2.05, 4.69) is 4.90 Å². The number of carbonyl (C=O) groups excluding carboxylic acids is 1. The molecule has 0 atom stereocenters. The number of halogens is 3. The quantitative estimate of drug-likeness (QED) is 0.851. The van der Waals surface area contributed by atoms with Gasteiger partial charge in [0.2, 0.25) is 5.91 Å². The molecule has 2 fully saturated rings. The lowest BCUT2D eigenvalue weighted by molar-refractivity contribution is -0.137. The van der Waals surface area contributed by atoms with Crippen LogP contribution in [0.3, 0.4) is 0 Å². The van der Waals surface area contributed by atoms with Crippen LogP contribution < -0.4 is 0 Å². The average Bonchev–Trinajstić information content (AvgIpc) is 2.94. The van der Waals surface area contributed by atoms with Gasteiger partial charge in [-0.05, 0) is 30.9 Å². The summed E-state index contributed by atoms with van der Waals surface area (Å²) < 4.78 is 38.3. The third-order valence-electron chi connectivity index (χ3n) is 4.77. The van der Waals surface area contributed by atoms with Crippen LogP contribution in [0, 0.1) is 0 Å². The maximum Gasteiger partial charge on any atom is 0.416 e. The van der Waals surface area contributed by atoms with Crippen molar-refractivity contribution in [2.45, 2.75) is 44.4 Å². The van der Waals surface area contributed by atoms with Crippen LogP contribution in [0.25, 0.3) is 0 Å². The Morgan fingerprint density at radius 3 is 2.48 bits per heavy atom. The summed E-state index contributed by atoms with van der Waals surface area (Å²) in [5, 5.41) is 0. The fraction of sp³-hybridized carbons (Fsp3) is 0.588. The van der Waals surface area contributed by atoms with Crippen LogP contribution in [0.15, 0.2) is 24.3 Å². The average molecular weight is 326 g/mol. The highest BCUT2D eigenvalue weighted by molar-refractivity contribution is 5.78. The molecule has 0 aromatic heterocycles. The van der Waals surface area contributed by atoms with E-state index in [-0.39, 0.29) is 5.91 Å². The molecule has 0 saturated carbocycles. The van der Waals surface area contributed by atoms with Crippen molar-refractivity contribution in [2.75, 3.05) is 19.6 Å². The van der Waals surface area contributed by atoms with E-state index in [1.54, 1.807) is 6.07 Å². The Kier molecular flexibility index (Phi) is 4.62. The molecule has 0 N–H and O–H groups in total. The second kappa shape index (κ2) is 6.51. The summed E-state index contributed by atoms with van der Waals surface area (Å²) in [4.78, 5) is 15.9. The van der Waals surface area contributed by atoms with Crippen molar-refractivity contribution in [1.82, 2.24) is 9.80 Å². The van der Waals surface area contributed by atoms with Gasteiger partial charge in [0.25, 0.3) is 0 Å². The normalized spacial score (nSPS) is 21.2. The summed E-state index contributed by atoms with van der Waals surface area (Å²) in [6.45, 7) is 3.04. The van der Waals surface area contributed by atoms with Gasteiger partial charge in [0.05, 0.1) is 5.56 Å². The molecule has 0 bridgehead atoms. The Labute approximate surface area is 134 Å². The van der Waals surface area contributed by atoms with Crippen molar-refractivity contribution in [1.29, 1.82) is 0 Å². The number of alkyl halides is 3. The topological polar surface area (TPSA) is 23.6 Å². The molecular weight excluding hydrogens is 305 g/mol.